The van der Waals surface area contributed by atoms with Crippen molar-refractivity contribution in [3.05, 3.63) is 40.8 Å². The molecule has 0 atom stereocenters. The summed E-state index contributed by atoms with van der Waals surface area (Å²) in [5.41, 5.74) is 0.825. The Morgan fingerprint density at radius 1 is 1.26 bits per heavy atom. The van der Waals surface area contributed by atoms with Crippen molar-refractivity contribution in [1.82, 2.24) is 4.90 Å². The lowest BCUT2D eigenvalue weighted by molar-refractivity contribution is 0.0197. The van der Waals surface area contributed by atoms with E-state index in [2.05, 4.69) is 11.3 Å². The van der Waals surface area contributed by atoms with E-state index < -0.39 is 5.60 Å². The minimum atomic E-state index is -0.459. The average molecular weight is 316 g/mol. The Morgan fingerprint density at radius 2 is 1.91 bits per heavy atom. The van der Waals surface area contributed by atoms with Gasteiger partial charge < -0.3 is 9.64 Å². The van der Waals surface area contributed by atoms with Crippen LogP contribution in [0.15, 0.2) is 35.5 Å². The van der Waals surface area contributed by atoms with Crippen LogP contribution in [0.2, 0.25) is 0 Å². The molecule has 1 aromatic rings. The summed E-state index contributed by atoms with van der Waals surface area (Å²) in [7, 11) is 0. The predicted octanol–water partition coefficient (Wildman–Crippen LogP) is 4.74. The van der Waals surface area contributed by atoms with Gasteiger partial charge in [-0.3, -0.25) is 0 Å². The minimum Gasteiger partial charge on any atom is -0.444 e. The molecule has 0 spiro atoms. The van der Waals surface area contributed by atoms with Gasteiger partial charge in [0.25, 0.3) is 0 Å². The van der Waals surface area contributed by atoms with Gasteiger partial charge in [-0.1, -0.05) is 30.4 Å². The number of rotatable bonds is 3. The van der Waals surface area contributed by atoms with Crippen LogP contribution >= 0.6 is 0 Å². The van der Waals surface area contributed by atoms with Gasteiger partial charge in [-0.25, -0.2) is 4.79 Å². The van der Waals surface area contributed by atoms with Crippen molar-refractivity contribution in [3.63, 3.8) is 0 Å². The maximum atomic E-state index is 12.0. The van der Waals surface area contributed by atoms with Gasteiger partial charge >= 0.3 is 6.09 Å². The lowest BCUT2D eigenvalue weighted by atomic mass is 9.95. The van der Waals surface area contributed by atoms with E-state index in [4.69, 9.17) is 4.74 Å². The van der Waals surface area contributed by atoms with E-state index in [1.165, 1.54) is 0 Å². The first-order chi connectivity index (χ1) is 10.9. The zero-order valence-corrected chi connectivity index (χ0v) is 14.0. The number of allylic oxidation sites excluding steroid dienone is 1. The highest BCUT2D eigenvalue weighted by molar-refractivity contribution is 5.68. The zero-order valence-electron chi connectivity index (χ0n) is 14.0. The molecule has 5 heteroatoms. The summed E-state index contributed by atoms with van der Waals surface area (Å²) in [5, 5.41) is 3.03. The molecule has 0 unspecified atom stereocenters. The number of carbonyl (C=O) groups is 1. The second-order valence-electron chi connectivity index (χ2n) is 6.81. The molecule has 1 amide bonds. The largest absolute Gasteiger partial charge is 0.444 e. The van der Waals surface area contributed by atoms with Crippen LogP contribution in [0.3, 0.4) is 0 Å². The fraction of sp³-hybridized carbons (Fsp3) is 0.500. The normalized spacial score (nSPS) is 16.6. The van der Waals surface area contributed by atoms with Crippen LogP contribution < -0.4 is 0 Å². The van der Waals surface area contributed by atoms with Crippen LogP contribution in [0, 0.1) is 10.8 Å². The average Bonchev–Trinajstić information content (AvgIpc) is 2.52. The van der Waals surface area contributed by atoms with Crippen molar-refractivity contribution >= 4 is 17.9 Å². The van der Waals surface area contributed by atoms with Crippen LogP contribution in [-0.2, 0) is 4.74 Å². The highest BCUT2D eigenvalue weighted by atomic mass is 16.6. The molecule has 1 fully saturated rings. The molecule has 1 saturated heterocycles. The number of hydrogen-bond donors (Lipinski definition) is 0. The van der Waals surface area contributed by atoms with Crippen molar-refractivity contribution in [3.8, 4) is 0 Å². The standard InChI is InChI=1S/C18H24N2O3/c1-18(2,3)23-17(21)20-12-10-14(11-13-20)8-9-15-6-4-5-7-16(15)19-22/h4-9,14H,10-13H2,1-3H3/b9-8+. The van der Waals surface area contributed by atoms with Crippen molar-refractivity contribution < 1.29 is 9.53 Å². The number of nitrogens with zero attached hydrogens (tertiary/aromatic N) is 2. The number of piperidine rings is 1. The lowest BCUT2D eigenvalue weighted by Gasteiger charge is -2.32. The Bertz CT molecular complexity index is 582. The van der Waals surface area contributed by atoms with Gasteiger partial charge in [0.05, 0.1) is 0 Å². The smallest absolute Gasteiger partial charge is 0.410 e. The maximum absolute atomic E-state index is 12.0. The molecule has 0 bridgehead atoms. The van der Waals surface area contributed by atoms with Crippen LogP contribution in [-0.4, -0.2) is 29.7 Å². The summed E-state index contributed by atoms with van der Waals surface area (Å²) in [4.78, 5) is 24.6. The van der Waals surface area contributed by atoms with Gasteiger partial charge in [0.2, 0.25) is 0 Å². The summed E-state index contributed by atoms with van der Waals surface area (Å²) in [6.07, 6.45) is 5.61. The predicted molar refractivity (Wildman–Crippen MR) is 91.5 cm³/mol. The molecular formula is C18H24N2O3. The number of hydrogen-bond acceptors (Lipinski definition) is 4. The Labute approximate surface area is 137 Å². The third kappa shape index (κ3) is 5.20. The van der Waals surface area contributed by atoms with E-state index in [9.17, 15) is 9.70 Å². The van der Waals surface area contributed by atoms with E-state index in [0.29, 0.717) is 24.7 Å². The molecule has 23 heavy (non-hydrogen) atoms. The van der Waals surface area contributed by atoms with Crippen molar-refractivity contribution in [2.24, 2.45) is 11.1 Å². The highest BCUT2D eigenvalue weighted by Gasteiger charge is 2.25. The fourth-order valence-electron chi connectivity index (χ4n) is 2.55. The van der Waals surface area contributed by atoms with Crippen molar-refractivity contribution in [2.75, 3.05) is 13.1 Å². The molecule has 5 nitrogen and oxygen atoms in total. The summed E-state index contributed by atoms with van der Waals surface area (Å²) in [6, 6.07) is 7.27. The first kappa shape index (κ1) is 17.2. The van der Waals surface area contributed by atoms with Gasteiger partial charge in [0, 0.05) is 18.7 Å². The molecular weight excluding hydrogens is 292 g/mol. The Kier molecular flexibility index (Phi) is 5.53. The number of carbonyl (C=O) groups excluding carboxylic acids is 1. The molecule has 1 aromatic carbocycles. The molecule has 1 aliphatic rings. The van der Waals surface area contributed by atoms with E-state index >= 15 is 0 Å². The van der Waals surface area contributed by atoms with Crippen molar-refractivity contribution in [1.29, 1.82) is 0 Å². The monoisotopic (exact) mass is 316 g/mol. The summed E-state index contributed by atoms with van der Waals surface area (Å²) in [6.45, 7) is 7.01. The molecule has 0 saturated carbocycles. The number of likely N-dealkylation sites (tertiary alicyclic amines) is 1. The molecule has 0 aromatic heterocycles. The molecule has 1 heterocycles. The number of amides is 1. The molecule has 2 rings (SSSR count). The van der Waals surface area contributed by atoms with Gasteiger partial charge in [-0.15, -0.1) is 4.91 Å². The third-order valence-electron chi connectivity index (χ3n) is 3.77. The molecule has 0 radical (unpaired) electrons. The summed E-state index contributed by atoms with van der Waals surface area (Å²) in [5.74, 6) is 0.397. The number of nitroso groups, excluding NO2 is 1. The molecule has 0 N–H and O–H groups in total. The quantitative estimate of drug-likeness (QED) is 0.756. The first-order valence-electron chi connectivity index (χ1n) is 7.97. The fourth-order valence-corrected chi connectivity index (χ4v) is 2.55. The van der Waals surface area contributed by atoms with Gasteiger partial charge in [0.1, 0.15) is 11.3 Å². The number of benzene rings is 1. The second-order valence-corrected chi connectivity index (χ2v) is 6.81. The van der Waals surface area contributed by atoms with Gasteiger partial charge in [0.15, 0.2) is 0 Å². The van der Waals surface area contributed by atoms with Crippen molar-refractivity contribution in [2.45, 2.75) is 39.2 Å². The third-order valence-corrected chi connectivity index (χ3v) is 3.77. The topological polar surface area (TPSA) is 59.0 Å². The Hall–Kier alpha value is -2.17. The summed E-state index contributed by atoms with van der Waals surface area (Å²) < 4.78 is 5.39. The van der Waals surface area contributed by atoms with Crippen LogP contribution in [0.5, 0.6) is 0 Å². The van der Waals surface area contributed by atoms with Gasteiger partial charge in [-0.2, -0.15) is 0 Å². The van der Waals surface area contributed by atoms with Crippen LogP contribution in [0.1, 0.15) is 39.2 Å². The molecule has 124 valence electrons. The Balaban J connectivity index is 1.88. The van der Waals surface area contributed by atoms with Crippen LogP contribution in [0.4, 0.5) is 10.5 Å². The Morgan fingerprint density at radius 3 is 2.52 bits per heavy atom. The zero-order chi connectivity index (χ0) is 16.9. The van der Waals surface area contributed by atoms with Gasteiger partial charge in [-0.05, 0) is 50.8 Å². The first-order valence-corrected chi connectivity index (χ1v) is 7.97. The second kappa shape index (κ2) is 7.40. The van der Waals surface area contributed by atoms with E-state index in [1.807, 2.05) is 39.0 Å². The van der Waals surface area contributed by atoms with E-state index in [1.54, 1.807) is 17.0 Å². The minimum absolute atomic E-state index is 0.240. The number of ether oxygens (including phenoxy) is 1. The van der Waals surface area contributed by atoms with E-state index in [0.717, 1.165) is 18.4 Å². The molecule has 1 aliphatic heterocycles. The maximum Gasteiger partial charge on any atom is 0.410 e. The van der Waals surface area contributed by atoms with Crippen LogP contribution in [0.25, 0.3) is 6.08 Å². The highest BCUT2D eigenvalue weighted by Crippen LogP contribution is 2.24. The molecule has 0 aliphatic carbocycles. The SMILES string of the molecule is CC(C)(C)OC(=O)N1CCC(/C=C/c2ccccc2N=O)CC1. The van der Waals surface area contributed by atoms with E-state index in [-0.39, 0.29) is 6.09 Å². The lowest BCUT2D eigenvalue weighted by Crippen LogP contribution is -2.41. The summed E-state index contributed by atoms with van der Waals surface area (Å²) >= 11 is 0.